The van der Waals surface area contributed by atoms with Gasteiger partial charge in [-0.15, -0.1) is 11.8 Å². The lowest BCUT2D eigenvalue weighted by molar-refractivity contribution is -0.194. The maximum absolute atomic E-state index is 13.3. The van der Waals surface area contributed by atoms with Gasteiger partial charge in [-0.1, -0.05) is 0 Å². The minimum Gasteiger partial charge on any atom is -0.272 e. The Hall–Kier alpha value is -1.14. The van der Waals surface area contributed by atoms with Gasteiger partial charge in [0.25, 0.3) is 5.91 Å². The molecule has 1 fully saturated rings. The van der Waals surface area contributed by atoms with Gasteiger partial charge in [-0.05, 0) is 25.0 Å². The molecule has 98 valence electrons. The Morgan fingerprint density at radius 3 is 2.89 bits per heavy atom. The predicted molar refractivity (Wildman–Crippen MR) is 64.0 cm³/mol. The first-order valence-corrected chi connectivity index (χ1v) is 6.66. The maximum Gasteiger partial charge on any atom is 0.256 e. The van der Waals surface area contributed by atoms with E-state index in [1.165, 1.54) is 17.2 Å². The smallest absolute Gasteiger partial charge is 0.256 e. The molecule has 1 aliphatic rings. The largest absolute Gasteiger partial charge is 0.272 e. The molecule has 0 saturated carbocycles. The van der Waals surface area contributed by atoms with E-state index in [0.29, 0.717) is 13.2 Å². The Kier molecular flexibility index (Phi) is 4.54. The summed E-state index contributed by atoms with van der Waals surface area (Å²) in [6.07, 6.45) is 1.87. The molecular formula is C12H13F2NO2S. The Balaban J connectivity index is 1.88. The average molecular weight is 273 g/mol. The standard InChI is InChI=1S/C12H13F2NO2S/c13-9-3-4-11(10(14)7-9)18-8-12(16)15-5-1-2-6-17-15/h3-4,7H,1-2,5-6,8H2. The summed E-state index contributed by atoms with van der Waals surface area (Å²) < 4.78 is 26.0. The number of carbonyl (C=O) groups is 1. The highest BCUT2D eigenvalue weighted by Crippen LogP contribution is 2.23. The van der Waals surface area contributed by atoms with Gasteiger partial charge in [0.1, 0.15) is 11.6 Å². The van der Waals surface area contributed by atoms with Gasteiger partial charge in [0.15, 0.2) is 0 Å². The number of carbonyl (C=O) groups excluding carboxylic acids is 1. The van der Waals surface area contributed by atoms with Crippen LogP contribution in [0.2, 0.25) is 0 Å². The number of thioether (sulfide) groups is 1. The van der Waals surface area contributed by atoms with Crippen molar-refractivity contribution >= 4 is 17.7 Å². The van der Waals surface area contributed by atoms with Gasteiger partial charge in [0.05, 0.1) is 12.4 Å². The Morgan fingerprint density at radius 1 is 1.39 bits per heavy atom. The fourth-order valence-electron chi connectivity index (χ4n) is 1.60. The van der Waals surface area contributed by atoms with Gasteiger partial charge in [-0.3, -0.25) is 9.63 Å². The number of nitrogens with zero attached hydrogens (tertiary/aromatic N) is 1. The van der Waals surface area contributed by atoms with E-state index in [9.17, 15) is 13.6 Å². The maximum atomic E-state index is 13.3. The van der Waals surface area contributed by atoms with Crippen LogP contribution in [0.3, 0.4) is 0 Å². The fourth-order valence-corrected chi connectivity index (χ4v) is 2.38. The van der Waals surface area contributed by atoms with E-state index in [0.717, 1.165) is 30.7 Å². The van der Waals surface area contributed by atoms with E-state index in [2.05, 4.69) is 0 Å². The third kappa shape index (κ3) is 3.43. The minimum absolute atomic E-state index is 0.0859. The van der Waals surface area contributed by atoms with Crippen LogP contribution in [0.15, 0.2) is 23.1 Å². The quantitative estimate of drug-likeness (QED) is 0.793. The van der Waals surface area contributed by atoms with E-state index in [-0.39, 0.29) is 16.6 Å². The molecule has 1 aliphatic heterocycles. The predicted octanol–water partition coefficient (Wildman–Crippen LogP) is 2.61. The molecule has 0 aliphatic carbocycles. The Morgan fingerprint density at radius 2 is 2.22 bits per heavy atom. The van der Waals surface area contributed by atoms with Crippen LogP contribution in [-0.4, -0.2) is 29.9 Å². The third-order valence-electron chi connectivity index (χ3n) is 2.53. The van der Waals surface area contributed by atoms with Crippen LogP contribution >= 0.6 is 11.8 Å². The SMILES string of the molecule is O=C(CSc1ccc(F)cc1F)N1CCCCO1. The number of rotatable bonds is 3. The van der Waals surface area contributed by atoms with Crippen LogP contribution in [-0.2, 0) is 9.63 Å². The van der Waals surface area contributed by atoms with Crippen molar-refractivity contribution in [1.82, 2.24) is 5.06 Å². The summed E-state index contributed by atoms with van der Waals surface area (Å²) in [5, 5.41) is 1.32. The van der Waals surface area contributed by atoms with Crippen LogP contribution in [0, 0.1) is 11.6 Å². The first-order valence-electron chi connectivity index (χ1n) is 5.68. The molecule has 0 N–H and O–H groups in total. The first kappa shape index (κ1) is 13.3. The van der Waals surface area contributed by atoms with Crippen LogP contribution < -0.4 is 0 Å². The fraction of sp³-hybridized carbons (Fsp3) is 0.417. The highest BCUT2D eigenvalue weighted by molar-refractivity contribution is 8.00. The summed E-state index contributed by atoms with van der Waals surface area (Å²) >= 11 is 1.04. The molecule has 1 aromatic rings. The van der Waals surface area contributed by atoms with Gasteiger partial charge in [-0.25, -0.2) is 13.8 Å². The highest BCUT2D eigenvalue weighted by Gasteiger charge is 2.18. The molecule has 0 bridgehead atoms. The number of hydrogen-bond donors (Lipinski definition) is 0. The number of benzene rings is 1. The minimum atomic E-state index is -0.646. The van der Waals surface area contributed by atoms with Crippen molar-refractivity contribution in [3.63, 3.8) is 0 Å². The van der Waals surface area contributed by atoms with Crippen molar-refractivity contribution in [3.05, 3.63) is 29.8 Å². The first-order chi connectivity index (χ1) is 8.66. The number of amides is 1. The topological polar surface area (TPSA) is 29.5 Å². The van der Waals surface area contributed by atoms with Crippen LogP contribution in [0.5, 0.6) is 0 Å². The van der Waals surface area contributed by atoms with Crippen molar-refractivity contribution < 1.29 is 18.4 Å². The van der Waals surface area contributed by atoms with Crippen molar-refractivity contribution in [1.29, 1.82) is 0 Å². The van der Waals surface area contributed by atoms with Gasteiger partial charge in [-0.2, -0.15) is 0 Å². The normalized spacial score (nSPS) is 15.8. The molecule has 0 unspecified atom stereocenters. The molecule has 6 heteroatoms. The summed E-state index contributed by atoms with van der Waals surface area (Å²) in [6.45, 7) is 1.12. The van der Waals surface area contributed by atoms with E-state index in [1.54, 1.807) is 0 Å². The zero-order valence-corrected chi connectivity index (χ0v) is 10.5. The Labute approximate surface area is 108 Å². The second-order valence-corrected chi connectivity index (χ2v) is 4.92. The molecule has 1 saturated heterocycles. The second kappa shape index (κ2) is 6.15. The zero-order chi connectivity index (χ0) is 13.0. The molecule has 1 aromatic carbocycles. The Bertz CT molecular complexity index is 436. The van der Waals surface area contributed by atoms with Crippen LogP contribution in [0.25, 0.3) is 0 Å². The zero-order valence-electron chi connectivity index (χ0n) is 9.70. The lowest BCUT2D eigenvalue weighted by Gasteiger charge is -2.25. The van der Waals surface area contributed by atoms with Crippen molar-refractivity contribution in [3.8, 4) is 0 Å². The molecule has 0 atom stereocenters. The highest BCUT2D eigenvalue weighted by atomic mass is 32.2. The van der Waals surface area contributed by atoms with Crippen molar-refractivity contribution in [2.45, 2.75) is 17.7 Å². The van der Waals surface area contributed by atoms with E-state index >= 15 is 0 Å². The molecule has 18 heavy (non-hydrogen) atoms. The summed E-state index contributed by atoms with van der Waals surface area (Å²) in [4.78, 5) is 17.2. The lowest BCUT2D eigenvalue weighted by atomic mass is 10.3. The molecule has 1 heterocycles. The molecule has 1 amide bonds. The van der Waals surface area contributed by atoms with Gasteiger partial charge in [0, 0.05) is 17.5 Å². The summed E-state index contributed by atoms with van der Waals surface area (Å²) in [6, 6.07) is 3.32. The van der Waals surface area contributed by atoms with Gasteiger partial charge >= 0.3 is 0 Å². The monoisotopic (exact) mass is 273 g/mol. The number of halogens is 2. The molecule has 3 nitrogen and oxygen atoms in total. The number of hydrogen-bond acceptors (Lipinski definition) is 3. The molecular weight excluding hydrogens is 260 g/mol. The van der Waals surface area contributed by atoms with Crippen molar-refractivity contribution in [2.75, 3.05) is 18.9 Å². The average Bonchev–Trinajstić information content (AvgIpc) is 2.38. The summed E-state index contributed by atoms with van der Waals surface area (Å²) in [7, 11) is 0. The number of hydroxylamine groups is 2. The molecule has 0 radical (unpaired) electrons. The lowest BCUT2D eigenvalue weighted by Crippen LogP contribution is -2.36. The van der Waals surface area contributed by atoms with Gasteiger partial charge < -0.3 is 0 Å². The van der Waals surface area contributed by atoms with Crippen LogP contribution in [0.4, 0.5) is 8.78 Å². The molecule has 0 aromatic heterocycles. The van der Waals surface area contributed by atoms with Crippen LogP contribution in [0.1, 0.15) is 12.8 Å². The van der Waals surface area contributed by atoms with E-state index < -0.39 is 11.6 Å². The van der Waals surface area contributed by atoms with E-state index in [4.69, 9.17) is 4.84 Å². The third-order valence-corrected chi connectivity index (χ3v) is 3.56. The van der Waals surface area contributed by atoms with E-state index in [1.807, 2.05) is 0 Å². The summed E-state index contributed by atoms with van der Waals surface area (Å²) in [5.41, 5.74) is 0. The molecule has 0 spiro atoms. The van der Waals surface area contributed by atoms with Crippen molar-refractivity contribution in [2.24, 2.45) is 0 Å². The molecule has 2 rings (SSSR count). The van der Waals surface area contributed by atoms with Gasteiger partial charge in [0.2, 0.25) is 0 Å². The second-order valence-electron chi connectivity index (χ2n) is 3.90. The summed E-state index contributed by atoms with van der Waals surface area (Å²) in [5.74, 6) is -1.37.